The van der Waals surface area contributed by atoms with E-state index in [0.29, 0.717) is 0 Å². The number of rotatable bonds is 9. The fourth-order valence-corrected chi connectivity index (χ4v) is 2.81. The van der Waals surface area contributed by atoms with E-state index >= 15 is 0 Å². The van der Waals surface area contributed by atoms with Crippen LogP contribution >= 0.6 is 7.80 Å². The molecule has 0 aromatic heterocycles. The Morgan fingerprint density at radius 3 is 1.92 bits per heavy atom. The quantitative estimate of drug-likeness (QED) is 0.396. The summed E-state index contributed by atoms with van der Waals surface area (Å²) < 4.78 is 11.4. The van der Waals surface area contributed by atoms with E-state index in [1.165, 1.54) is 38.5 Å². The van der Waals surface area contributed by atoms with Crippen LogP contribution in [0.15, 0.2) is 0 Å². The van der Waals surface area contributed by atoms with Crippen molar-refractivity contribution in [2.45, 2.75) is 58.8 Å². The van der Waals surface area contributed by atoms with E-state index in [-0.39, 0.29) is 0 Å². The lowest BCUT2D eigenvalue weighted by molar-refractivity contribution is 0.580. The van der Waals surface area contributed by atoms with Crippen molar-refractivity contribution in [3.05, 3.63) is 0 Å². The molecule has 0 amide bonds. The zero-order valence-electron chi connectivity index (χ0n) is 9.22. The van der Waals surface area contributed by atoms with Gasteiger partial charge in [-0.15, -0.1) is 0 Å². The molecule has 0 heterocycles. The van der Waals surface area contributed by atoms with Crippen molar-refractivity contribution in [3.8, 4) is 0 Å². The smallest absolute Gasteiger partial charge is 0.0748 e. The minimum absolute atomic E-state index is 0.857. The van der Waals surface area contributed by atoms with Gasteiger partial charge in [0, 0.05) is 0 Å². The molecule has 0 spiro atoms. The van der Waals surface area contributed by atoms with Crippen molar-refractivity contribution in [1.29, 1.82) is 0 Å². The lowest BCUT2D eigenvalue weighted by Gasteiger charge is -1.93. The molecule has 1 nitrogen and oxygen atoms in total. The molecule has 0 aromatic rings. The monoisotopic (exact) mass is 203 g/mol. The lowest BCUT2D eigenvalue weighted by atomic mass is 10.2. The molecule has 13 heavy (non-hydrogen) atoms. The first-order valence-corrected chi connectivity index (χ1v) is 7.36. The maximum absolute atomic E-state index is 11.4. The molecule has 0 fully saturated rings. The van der Waals surface area contributed by atoms with Gasteiger partial charge in [0.2, 0.25) is 0 Å². The maximum Gasteiger partial charge on any atom is 0.338 e. The van der Waals surface area contributed by atoms with Gasteiger partial charge < -0.3 is 0 Å². The van der Waals surface area contributed by atoms with Crippen LogP contribution in [-0.2, 0) is 4.57 Å². The highest BCUT2D eigenvalue weighted by Gasteiger charge is 2.12. The van der Waals surface area contributed by atoms with E-state index in [4.69, 9.17) is 0 Å². The second kappa shape index (κ2) is 10.2. The normalized spacial score (nSPS) is 11.7. The first kappa shape index (κ1) is 13.1. The van der Waals surface area contributed by atoms with Crippen LogP contribution in [0, 0.1) is 0 Å². The SMILES string of the molecule is CCCCCCC[P+](=O)CCCC. The van der Waals surface area contributed by atoms with E-state index in [0.717, 1.165) is 18.7 Å². The van der Waals surface area contributed by atoms with Crippen molar-refractivity contribution >= 4 is 7.80 Å². The average Bonchev–Trinajstić information content (AvgIpc) is 2.14. The van der Waals surface area contributed by atoms with Crippen LogP contribution in [0.25, 0.3) is 0 Å². The highest BCUT2D eigenvalue weighted by molar-refractivity contribution is 7.44. The van der Waals surface area contributed by atoms with Crippen LogP contribution < -0.4 is 0 Å². The Kier molecular flexibility index (Phi) is 10.3. The Morgan fingerprint density at radius 1 is 0.769 bits per heavy atom. The van der Waals surface area contributed by atoms with E-state index in [1.807, 2.05) is 0 Å². The summed E-state index contributed by atoms with van der Waals surface area (Å²) in [6.07, 6.45) is 10.7. The van der Waals surface area contributed by atoms with Crippen LogP contribution in [-0.4, -0.2) is 12.3 Å². The van der Waals surface area contributed by atoms with Gasteiger partial charge in [-0.2, -0.15) is 0 Å². The predicted octanol–water partition coefficient (Wildman–Crippen LogP) is 4.58. The summed E-state index contributed by atoms with van der Waals surface area (Å²) in [6, 6.07) is 0. The molecular weight excluding hydrogens is 179 g/mol. The van der Waals surface area contributed by atoms with Crippen LogP contribution in [0.5, 0.6) is 0 Å². The van der Waals surface area contributed by atoms with Crippen LogP contribution in [0.4, 0.5) is 0 Å². The van der Waals surface area contributed by atoms with Gasteiger partial charge in [-0.25, -0.2) is 0 Å². The highest BCUT2D eigenvalue weighted by atomic mass is 31.1. The summed E-state index contributed by atoms with van der Waals surface area (Å²) in [5.74, 6) is 0. The molecule has 0 bridgehead atoms. The van der Waals surface area contributed by atoms with Crippen molar-refractivity contribution in [1.82, 2.24) is 0 Å². The van der Waals surface area contributed by atoms with Crippen LogP contribution in [0.2, 0.25) is 0 Å². The van der Waals surface area contributed by atoms with Gasteiger partial charge in [0.05, 0.1) is 0 Å². The molecule has 1 atom stereocenters. The molecule has 0 aliphatic carbocycles. The Balaban J connectivity index is 3.08. The average molecular weight is 203 g/mol. The minimum Gasteiger partial charge on any atom is -0.0748 e. The third kappa shape index (κ3) is 10.0. The van der Waals surface area contributed by atoms with E-state index < -0.39 is 7.80 Å². The van der Waals surface area contributed by atoms with E-state index in [2.05, 4.69) is 13.8 Å². The van der Waals surface area contributed by atoms with Crippen molar-refractivity contribution in [3.63, 3.8) is 0 Å². The van der Waals surface area contributed by atoms with Gasteiger partial charge >= 0.3 is 7.80 Å². The van der Waals surface area contributed by atoms with E-state index in [9.17, 15) is 4.57 Å². The molecule has 2 heteroatoms. The minimum atomic E-state index is -0.857. The zero-order chi connectivity index (χ0) is 9.94. The van der Waals surface area contributed by atoms with Gasteiger partial charge in [0.15, 0.2) is 0 Å². The third-order valence-corrected chi connectivity index (χ3v) is 3.90. The Hall–Kier alpha value is 0.100. The summed E-state index contributed by atoms with van der Waals surface area (Å²) in [4.78, 5) is 0. The van der Waals surface area contributed by atoms with Gasteiger partial charge in [-0.05, 0) is 19.3 Å². The number of hydrogen-bond donors (Lipinski definition) is 0. The zero-order valence-corrected chi connectivity index (χ0v) is 10.1. The molecule has 1 unspecified atom stereocenters. The first-order chi connectivity index (χ1) is 6.31. The van der Waals surface area contributed by atoms with Crippen molar-refractivity contribution in [2.24, 2.45) is 0 Å². The topological polar surface area (TPSA) is 17.1 Å². The Morgan fingerprint density at radius 2 is 1.31 bits per heavy atom. The second-order valence-corrected chi connectivity index (χ2v) is 5.55. The van der Waals surface area contributed by atoms with Crippen molar-refractivity contribution in [2.75, 3.05) is 12.3 Å². The first-order valence-electron chi connectivity index (χ1n) is 5.73. The molecule has 0 saturated carbocycles. The molecule has 0 aliphatic rings. The molecule has 0 aromatic carbocycles. The fourth-order valence-electron chi connectivity index (χ4n) is 1.34. The van der Waals surface area contributed by atoms with Gasteiger partial charge in [-0.1, -0.05) is 44.1 Å². The molecular formula is C11H24OP+. The predicted molar refractivity (Wildman–Crippen MR) is 61.0 cm³/mol. The largest absolute Gasteiger partial charge is 0.338 e. The standard InChI is InChI=1S/C11H24OP/c1-3-5-7-8-9-11-13(12)10-6-4-2/h3-11H2,1-2H3/q+1. The molecule has 0 aliphatic heterocycles. The van der Waals surface area contributed by atoms with E-state index in [1.54, 1.807) is 0 Å². The van der Waals surface area contributed by atoms with Crippen molar-refractivity contribution < 1.29 is 4.57 Å². The summed E-state index contributed by atoms with van der Waals surface area (Å²) in [7, 11) is -0.857. The van der Waals surface area contributed by atoms with Crippen LogP contribution in [0.1, 0.15) is 58.8 Å². The summed E-state index contributed by atoms with van der Waals surface area (Å²) in [5.41, 5.74) is 0. The molecule has 0 saturated heterocycles. The molecule has 78 valence electrons. The summed E-state index contributed by atoms with van der Waals surface area (Å²) in [5, 5.41) is 0. The Bertz CT molecular complexity index is 123. The second-order valence-electron chi connectivity index (χ2n) is 3.70. The van der Waals surface area contributed by atoms with Gasteiger partial charge in [-0.3, -0.25) is 0 Å². The lowest BCUT2D eigenvalue weighted by Crippen LogP contribution is -1.85. The number of hydrogen-bond acceptors (Lipinski definition) is 1. The highest BCUT2D eigenvalue weighted by Crippen LogP contribution is 2.24. The third-order valence-electron chi connectivity index (χ3n) is 2.27. The maximum atomic E-state index is 11.4. The van der Waals surface area contributed by atoms with Gasteiger partial charge in [0.25, 0.3) is 0 Å². The molecule has 0 rings (SSSR count). The Labute approximate surface area is 84.1 Å². The molecule has 0 radical (unpaired) electrons. The van der Waals surface area contributed by atoms with Crippen LogP contribution in [0.3, 0.4) is 0 Å². The summed E-state index contributed by atoms with van der Waals surface area (Å²) in [6.45, 7) is 4.38. The molecule has 0 N–H and O–H groups in total. The summed E-state index contributed by atoms with van der Waals surface area (Å²) >= 11 is 0. The fraction of sp³-hybridized carbons (Fsp3) is 1.00. The van der Waals surface area contributed by atoms with Gasteiger partial charge in [0.1, 0.15) is 12.3 Å². The number of unbranched alkanes of at least 4 members (excludes halogenated alkanes) is 5.